The van der Waals surface area contributed by atoms with Gasteiger partial charge >= 0.3 is 0 Å². The van der Waals surface area contributed by atoms with Crippen LogP contribution < -0.4 is 9.47 Å². The number of halogens is 2. The van der Waals surface area contributed by atoms with E-state index in [0.29, 0.717) is 44.7 Å². The summed E-state index contributed by atoms with van der Waals surface area (Å²) in [6, 6.07) is 10.6. The molecule has 2 amide bonds. The van der Waals surface area contributed by atoms with Crippen LogP contribution >= 0.6 is 39.3 Å². The molecule has 5 nitrogen and oxygen atoms in total. The van der Waals surface area contributed by atoms with Crippen molar-refractivity contribution >= 4 is 56.5 Å². The van der Waals surface area contributed by atoms with E-state index >= 15 is 0 Å². The van der Waals surface area contributed by atoms with Crippen LogP contribution in [0.4, 0.5) is 4.79 Å². The second-order valence-corrected chi connectivity index (χ2v) is 8.54. The fourth-order valence-corrected chi connectivity index (χ4v) is 4.32. The smallest absolute Gasteiger partial charge is 0.293 e. The van der Waals surface area contributed by atoms with Gasteiger partial charge in [0.1, 0.15) is 6.61 Å². The zero-order chi connectivity index (χ0) is 21.7. The van der Waals surface area contributed by atoms with E-state index in [-0.39, 0.29) is 17.7 Å². The number of hydrogen-bond donors (Lipinski definition) is 0. The van der Waals surface area contributed by atoms with Crippen molar-refractivity contribution in [2.24, 2.45) is 0 Å². The Morgan fingerprint density at radius 1 is 1.20 bits per heavy atom. The summed E-state index contributed by atoms with van der Waals surface area (Å²) in [5.41, 5.74) is 1.54. The molecule has 0 aromatic heterocycles. The zero-order valence-electron chi connectivity index (χ0n) is 16.2. The van der Waals surface area contributed by atoms with E-state index in [0.717, 1.165) is 17.3 Å². The highest BCUT2D eigenvalue weighted by molar-refractivity contribution is 9.10. The quantitative estimate of drug-likeness (QED) is 0.309. The molecule has 0 unspecified atom stereocenters. The first-order valence-corrected chi connectivity index (χ1v) is 11.1. The van der Waals surface area contributed by atoms with E-state index < -0.39 is 0 Å². The molecule has 8 heteroatoms. The standard InChI is InChI=1S/C22H19BrClNO4S/c1-3-9-29-20-17(23)10-15(11-18(20)28-4-2)12-19-21(26)25(22(27)30-19)13-14-5-7-16(24)8-6-14/h3,5-8,10-12H,1,4,9,13H2,2H3. The predicted molar refractivity (Wildman–Crippen MR) is 124 cm³/mol. The Balaban J connectivity index is 1.85. The van der Waals surface area contributed by atoms with Gasteiger partial charge in [-0.3, -0.25) is 14.5 Å². The van der Waals surface area contributed by atoms with Crippen LogP contribution in [0.5, 0.6) is 11.5 Å². The van der Waals surface area contributed by atoms with Crippen LogP contribution in [0.3, 0.4) is 0 Å². The van der Waals surface area contributed by atoms with Gasteiger partial charge in [-0.25, -0.2) is 0 Å². The number of imide groups is 1. The fourth-order valence-electron chi connectivity index (χ4n) is 2.78. The SMILES string of the molecule is C=CCOc1c(Br)cc(C=C2SC(=O)N(Cc3ccc(Cl)cc3)C2=O)cc1OCC. The molecule has 1 fully saturated rings. The molecule has 0 bridgehead atoms. The number of ether oxygens (including phenoxy) is 2. The normalized spacial score (nSPS) is 15.0. The van der Waals surface area contributed by atoms with Crippen LogP contribution in [0, 0.1) is 0 Å². The van der Waals surface area contributed by atoms with E-state index in [4.69, 9.17) is 21.1 Å². The first kappa shape index (κ1) is 22.5. The molecule has 0 spiro atoms. The molecule has 156 valence electrons. The highest BCUT2D eigenvalue weighted by atomic mass is 79.9. The van der Waals surface area contributed by atoms with Gasteiger partial charge < -0.3 is 9.47 Å². The summed E-state index contributed by atoms with van der Waals surface area (Å²) in [6.07, 6.45) is 3.32. The maximum Gasteiger partial charge on any atom is 0.293 e. The first-order valence-electron chi connectivity index (χ1n) is 9.12. The van der Waals surface area contributed by atoms with Crippen LogP contribution in [0.15, 0.2) is 58.4 Å². The summed E-state index contributed by atoms with van der Waals surface area (Å²) in [5.74, 6) is 0.770. The van der Waals surface area contributed by atoms with Gasteiger partial charge in [-0.05, 0) is 76.1 Å². The van der Waals surface area contributed by atoms with Crippen molar-refractivity contribution in [2.75, 3.05) is 13.2 Å². The average molecular weight is 509 g/mol. The summed E-state index contributed by atoms with van der Waals surface area (Å²) in [7, 11) is 0. The van der Waals surface area contributed by atoms with Gasteiger partial charge in [0.15, 0.2) is 11.5 Å². The Labute approximate surface area is 192 Å². The van der Waals surface area contributed by atoms with E-state index in [1.807, 2.05) is 13.0 Å². The Hall–Kier alpha value is -2.22. The van der Waals surface area contributed by atoms with Gasteiger partial charge in [0, 0.05) is 5.02 Å². The van der Waals surface area contributed by atoms with Gasteiger partial charge in [-0.15, -0.1) is 0 Å². The Morgan fingerprint density at radius 3 is 2.60 bits per heavy atom. The molecular formula is C22H19BrClNO4S. The molecule has 1 aliphatic rings. The molecule has 30 heavy (non-hydrogen) atoms. The number of thioether (sulfide) groups is 1. The maximum atomic E-state index is 12.8. The van der Waals surface area contributed by atoms with Crippen molar-refractivity contribution in [3.05, 3.63) is 74.6 Å². The minimum absolute atomic E-state index is 0.196. The summed E-state index contributed by atoms with van der Waals surface area (Å²) >= 11 is 10.3. The number of carbonyl (C=O) groups excluding carboxylic acids is 2. The van der Waals surface area contributed by atoms with E-state index in [9.17, 15) is 9.59 Å². The van der Waals surface area contributed by atoms with Gasteiger partial charge in [-0.1, -0.05) is 36.4 Å². The largest absolute Gasteiger partial charge is 0.490 e. The number of nitrogens with zero attached hydrogens (tertiary/aromatic N) is 1. The van der Waals surface area contributed by atoms with Crippen molar-refractivity contribution in [1.82, 2.24) is 4.90 Å². The predicted octanol–water partition coefficient (Wildman–Crippen LogP) is 6.30. The number of hydrogen-bond acceptors (Lipinski definition) is 5. The zero-order valence-corrected chi connectivity index (χ0v) is 19.4. The summed E-state index contributed by atoms with van der Waals surface area (Å²) in [6.45, 7) is 6.51. The second-order valence-electron chi connectivity index (χ2n) is 6.26. The number of amides is 2. The van der Waals surface area contributed by atoms with Crippen LogP contribution in [0.1, 0.15) is 18.1 Å². The van der Waals surface area contributed by atoms with Crippen LogP contribution in [0.2, 0.25) is 5.02 Å². The lowest BCUT2D eigenvalue weighted by Gasteiger charge is -2.14. The van der Waals surface area contributed by atoms with Crippen LogP contribution in [-0.4, -0.2) is 29.3 Å². The molecule has 0 radical (unpaired) electrons. The summed E-state index contributed by atoms with van der Waals surface area (Å²) in [4.78, 5) is 26.8. The molecule has 1 saturated heterocycles. The maximum absolute atomic E-state index is 12.8. The van der Waals surface area contributed by atoms with E-state index in [2.05, 4.69) is 22.5 Å². The molecule has 0 aliphatic carbocycles. The summed E-state index contributed by atoms with van der Waals surface area (Å²) in [5, 5.41) is 0.292. The lowest BCUT2D eigenvalue weighted by atomic mass is 10.1. The van der Waals surface area contributed by atoms with Crippen LogP contribution in [-0.2, 0) is 11.3 Å². The Bertz CT molecular complexity index is 1010. The van der Waals surface area contributed by atoms with Gasteiger partial charge in [0.2, 0.25) is 0 Å². The second kappa shape index (κ2) is 10.2. The minimum Gasteiger partial charge on any atom is -0.490 e. The Kier molecular flexibility index (Phi) is 7.64. The lowest BCUT2D eigenvalue weighted by molar-refractivity contribution is -0.123. The minimum atomic E-state index is -0.332. The lowest BCUT2D eigenvalue weighted by Crippen LogP contribution is -2.27. The molecule has 0 N–H and O–H groups in total. The van der Waals surface area contributed by atoms with Gasteiger partial charge in [0.25, 0.3) is 11.1 Å². The van der Waals surface area contributed by atoms with Crippen molar-refractivity contribution in [3.8, 4) is 11.5 Å². The topological polar surface area (TPSA) is 55.8 Å². The van der Waals surface area contributed by atoms with E-state index in [1.54, 1.807) is 42.5 Å². The Morgan fingerprint density at radius 2 is 1.93 bits per heavy atom. The highest BCUT2D eigenvalue weighted by Crippen LogP contribution is 2.39. The molecule has 3 rings (SSSR count). The monoisotopic (exact) mass is 507 g/mol. The number of rotatable bonds is 8. The van der Waals surface area contributed by atoms with Crippen molar-refractivity contribution in [2.45, 2.75) is 13.5 Å². The third kappa shape index (κ3) is 5.28. The van der Waals surface area contributed by atoms with Gasteiger partial charge in [0.05, 0.1) is 22.5 Å². The fraction of sp³-hybridized carbons (Fsp3) is 0.182. The van der Waals surface area contributed by atoms with E-state index in [1.165, 1.54) is 4.90 Å². The van der Waals surface area contributed by atoms with Gasteiger partial charge in [-0.2, -0.15) is 0 Å². The van der Waals surface area contributed by atoms with Crippen LogP contribution in [0.25, 0.3) is 6.08 Å². The molecule has 0 atom stereocenters. The molecule has 0 saturated carbocycles. The first-order chi connectivity index (χ1) is 14.4. The molecule has 1 aliphatic heterocycles. The number of carbonyl (C=O) groups is 2. The van der Waals surface area contributed by atoms with Crippen molar-refractivity contribution in [3.63, 3.8) is 0 Å². The number of benzene rings is 2. The third-order valence-corrected chi connectivity index (χ3v) is 5.85. The van der Waals surface area contributed by atoms with Crippen molar-refractivity contribution < 1.29 is 19.1 Å². The summed E-state index contributed by atoms with van der Waals surface area (Å²) < 4.78 is 12.0. The molecular weight excluding hydrogens is 490 g/mol. The average Bonchev–Trinajstić information content (AvgIpc) is 2.96. The molecule has 1 heterocycles. The molecule has 2 aromatic rings. The highest BCUT2D eigenvalue weighted by Gasteiger charge is 2.35. The third-order valence-electron chi connectivity index (χ3n) is 4.10. The van der Waals surface area contributed by atoms with Crippen molar-refractivity contribution in [1.29, 1.82) is 0 Å². The molecule has 2 aromatic carbocycles.